The van der Waals surface area contributed by atoms with Crippen LogP contribution >= 0.6 is 0 Å². The fourth-order valence-electron chi connectivity index (χ4n) is 2.73. The quantitative estimate of drug-likeness (QED) is 0.621. The zero-order valence-electron chi connectivity index (χ0n) is 11.8. The zero-order chi connectivity index (χ0) is 14.0. The van der Waals surface area contributed by atoms with Crippen molar-refractivity contribution in [2.24, 2.45) is 0 Å². The zero-order valence-corrected chi connectivity index (χ0v) is 11.8. The molecule has 0 aromatic heterocycles. The normalized spacial score (nSPS) is 16.9. The number of hydrogen-bond donors (Lipinski definition) is 0. The molecule has 0 aliphatic carbocycles. The maximum atomic E-state index is 10.7. The van der Waals surface area contributed by atoms with E-state index >= 15 is 0 Å². The highest BCUT2D eigenvalue weighted by Gasteiger charge is 2.22. The van der Waals surface area contributed by atoms with E-state index in [0.717, 1.165) is 37.2 Å². The van der Waals surface area contributed by atoms with Gasteiger partial charge >= 0.3 is 0 Å². The molecule has 104 valence electrons. The summed E-state index contributed by atoms with van der Waals surface area (Å²) in [5.41, 5.74) is 2.28. The summed E-state index contributed by atoms with van der Waals surface area (Å²) in [5.74, 6) is 0. The summed E-state index contributed by atoms with van der Waals surface area (Å²) >= 11 is 0. The van der Waals surface area contributed by atoms with Gasteiger partial charge in [-0.1, -0.05) is 0 Å². The van der Waals surface area contributed by atoms with Crippen LogP contribution in [0.25, 0.3) is 0 Å². The second-order valence-corrected chi connectivity index (χ2v) is 5.41. The van der Waals surface area contributed by atoms with Crippen molar-refractivity contribution in [2.45, 2.75) is 25.8 Å². The SMILES string of the molecule is Cc1cc([N+](=O)[O-])ccc1N1CCC(N(C)C)CC1. The Morgan fingerprint density at radius 2 is 1.95 bits per heavy atom. The first-order valence-electron chi connectivity index (χ1n) is 6.65. The lowest BCUT2D eigenvalue weighted by atomic mass is 10.0. The number of aryl methyl sites for hydroxylation is 1. The Kier molecular flexibility index (Phi) is 4.04. The van der Waals surface area contributed by atoms with E-state index < -0.39 is 0 Å². The van der Waals surface area contributed by atoms with Crippen molar-refractivity contribution in [3.63, 3.8) is 0 Å². The predicted octanol–water partition coefficient (Wildman–Crippen LogP) is 2.43. The Morgan fingerprint density at radius 1 is 1.32 bits per heavy atom. The molecule has 0 unspecified atom stereocenters. The number of nitro benzene ring substituents is 1. The second-order valence-electron chi connectivity index (χ2n) is 5.41. The lowest BCUT2D eigenvalue weighted by molar-refractivity contribution is -0.384. The van der Waals surface area contributed by atoms with Crippen LogP contribution in [-0.2, 0) is 0 Å². The summed E-state index contributed by atoms with van der Waals surface area (Å²) < 4.78 is 0. The highest BCUT2D eigenvalue weighted by molar-refractivity contribution is 5.57. The smallest absolute Gasteiger partial charge is 0.269 e. The van der Waals surface area contributed by atoms with Gasteiger partial charge in [-0.25, -0.2) is 0 Å². The van der Waals surface area contributed by atoms with Crippen molar-refractivity contribution in [3.05, 3.63) is 33.9 Å². The molecule has 0 saturated carbocycles. The summed E-state index contributed by atoms with van der Waals surface area (Å²) in [5, 5.41) is 10.7. The van der Waals surface area contributed by atoms with Crippen molar-refractivity contribution >= 4 is 11.4 Å². The minimum Gasteiger partial charge on any atom is -0.371 e. The number of anilines is 1. The maximum absolute atomic E-state index is 10.7. The van der Waals surface area contributed by atoms with Gasteiger partial charge in [0.05, 0.1) is 4.92 Å². The Bertz CT molecular complexity index is 466. The van der Waals surface area contributed by atoms with Gasteiger partial charge in [0.25, 0.3) is 5.69 Å². The van der Waals surface area contributed by atoms with Gasteiger partial charge in [0.2, 0.25) is 0 Å². The van der Waals surface area contributed by atoms with Gasteiger partial charge in [-0.2, -0.15) is 0 Å². The van der Waals surface area contributed by atoms with E-state index in [-0.39, 0.29) is 10.6 Å². The number of nitro groups is 1. The van der Waals surface area contributed by atoms with Gasteiger partial charge in [-0.15, -0.1) is 0 Å². The van der Waals surface area contributed by atoms with Crippen LogP contribution in [0.1, 0.15) is 18.4 Å². The number of rotatable bonds is 3. The maximum Gasteiger partial charge on any atom is 0.269 e. The Balaban J connectivity index is 2.09. The first-order chi connectivity index (χ1) is 8.99. The van der Waals surface area contributed by atoms with Crippen molar-refractivity contribution in [2.75, 3.05) is 32.1 Å². The van der Waals surface area contributed by atoms with Gasteiger partial charge < -0.3 is 9.80 Å². The summed E-state index contributed by atoms with van der Waals surface area (Å²) in [4.78, 5) is 15.0. The number of piperidine rings is 1. The summed E-state index contributed by atoms with van der Waals surface area (Å²) in [6.07, 6.45) is 2.28. The molecule has 0 N–H and O–H groups in total. The van der Waals surface area contributed by atoms with E-state index in [1.54, 1.807) is 12.1 Å². The van der Waals surface area contributed by atoms with Crippen molar-refractivity contribution in [1.82, 2.24) is 4.90 Å². The van der Waals surface area contributed by atoms with E-state index in [1.807, 2.05) is 13.0 Å². The molecule has 5 heteroatoms. The van der Waals surface area contributed by atoms with Crippen LogP contribution in [0.3, 0.4) is 0 Å². The van der Waals surface area contributed by atoms with Gasteiger partial charge in [0, 0.05) is 37.0 Å². The third-order valence-electron chi connectivity index (χ3n) is 3.93. The average Bonchev–Trinajstić information content (AvgIpc) is 2.38. The Morgan fingerprint density at radius 3 is 2.42 bits per heavy atom. The molecular weight excluding hydrogens is 242 g/mol. The van der Waals surface area contributed by atoms with Crippen molar-refractivity contribution in [1.29, 1.82) is 0 Å². The molecule has 0 bridgehead atoms. The molecule has 1 aliphatic rings. The third-order valence-corrected chi connectivity index (χ3v) is 3.93. The first-order valence-corrected chi connectivity index (χ1v) is 6.65. The van der Waals surface area contributed by atoms with E-state index in [2.05, 4.69) is 23.9 Å². The summed E-state index contributed by atoms with van der Waals surface area (Å²) in [7, 11) is 4.24. The van der Waals surface area contributed by atoms with Crippen LogP contribution < -0.4 is 4.90 Å². The van der Waals surface area contributed by atoms with Gasteiger partial charge in [-0.3, -0.25) is 10.1 Å². The van der Waals surface area contributed by atoms with Crippen LogP contribution in [0.5, 0.6) is 0 Å². The highest BCUT2D eigenvalue weighted by atomic mass is 16.6. The molecule has 0 radical (unpaired) electrons. The molecule has 1 aromatic carbocycles. The Hall–Kier alpha value is -1.62. The van der Waals surface area contributed by atoms with Crippen LogP contribution in [-0.4, -0.2) is 43.0 Å². The van der Waals surface area contributed by atoms with E-state index in [4.69, 9.17) is 0 Å². The van der Waals surface area contributed by atoms with Crippen molar-refractivity contribution in [3.8, 4) is 0 Å². The lowest BCUT2D eigenvalue weighted by Crippen LogP contribution is -2.42. The van der Waals surface area contributed by atoms with Crippen LogP contribution in [0.2, 0.25) is 0 Å². The first kappa shape index (κ1) is 13.8. The fourth-order valence-corrected chi connectivity index (χ4v) is 2.73. The van der Waals surface area contributed by atoms with Gasteiger partial charge in [-0.05, 0) is 45.5 Å². The van der Waals surface area contributed by atoms with Gasteiger partial charge in [0.15, 0.2) is 0 Å². The van der Waals surface area contributed by atoms with Crippen LogP contribution in [0.15, 0.2) is 18.2 Å². The molecule has 19 heavy (non-hydrogen) atoms. The minimum absolute atomic E-state index is 0.171. The Labute approximate surface area is 114 Å². The van der Waals surface area contributed by atoms with Crippen molar-refractivity contribution < 1.29 is 4.92 Å². The number of benzene rings is 1. The van der Waals surface area contributed by atoms with Crippen LogP contribution in [0.4, 0.5) is 11.4 Å². The topological polar surface area (TPSA) is 49.6 Å². The molecule has 5 nitrogen and oxygen atoms in total. The molecule has 2 rings (SSSR count). The molecule has 0 atom stereocenters. The third kappa shape index (κ3) is 3.04. The number of nitrogens with zero attached hydrogens (tertiary/aromatic N) is 3. The number of hydrogen-bond acceptors (Lipinski definition) is 4. The van der Waals surface area contributed by atoms with Crippen LogP contribution in [0, 0.1) is 17.0 Å². The van der Waals surface area contributed by atoms with E-state index in [1.165, 1.54) is 0 Å². The molecule has 0 spiro atoms. The predicted molar refractivity (Wildman–Crippen MR) is 76.8 cm³/mol. The summed E-state index contributed by atoms with van der Waals surface area (Å²) in [6.45, 7) is 3.98. The molecule has 1 saturated heterocycles. The lowest BCUT2D eigenvalue weighted by Gasteiger charge is -2.37. The van der Waals surface area contributed by atoms with Gasteiger partial charge in [0.1, 0.15) is 0 Å². The molecule has 1 heterocycles. The monoisotopic (exact) mass is 263 g/mol. The fraction of sp³-hybridized carbons (Fsp3) is 0.571. The number of non-ortho nitro benzene ring substituents is 1. The average molecular weight is 263 g/mol. The molecule has 1 aromatic rings. The molecule has 1 fully saturated rings. The highest BCUT2D eigenvalue weighted by Crippen LogP contribution is 2.27. The largest absolute Gasteiger partial charge is 0.371 e. The second kappa shape index (κ2) is 5.57. The standard InChI is InChI=1S/C14H21N3O2/c1-11-10-13(17(18)19)4-5-14(11)16-8-6-12(7-9-16)15(2)3/h4-5,10,12H,6-9H2,1-3H3. The minimum atomic E-state index is -0.338. The molecule has 1 aliphatic heterocycles. The molecular formula is C14H21N3O2. The van der Waals surface area contributed by atoms with E-state index in [0.29, 0.717) is 6.04 Å². The van der Waals surface area contributed by atoms with E-state index in [9.17, 15) is 10.1 Å². The summed E-state index contributed by atoms with van der Waals surface area (Å²) in [6, 6.07) is 5.78. The molecule has 0 amide bonds.